The van der Waals surface area contributed by atoms with E-state index < -0.39 is 10.0 Å². The number of anilines is 3. The summed E-state index contributed by atoms with van der Waals surface area (Å²) in [6.45, 7) is 3.50. The molecule has 0 unspecified atom stereocenters. The van der Waals surface area contributed by atoms with E-state index in [1.54, 1.807) is 29.3 Å². The highest BCUT2D eigenvalue weighted by atomic mass is 32.2. The van der Waals surface area contributed by atoms with Gasteiger partial charge in [0.05, 0.1) is 25.2 Å². The smallest absolute Gasteiger partial charge is 0.277 e. The molecular weight excluding hydrogens is 432 g/mol. The van der Waals surface area contributed by atoms with Crippen LogP contribution in [0.5, 0.6) is 5.75 Å². The van der Waals surface area contributed by atoms with Crippen LogP contribution in [-0.4, -0.2) is 83.2 Å². The van der Waals surface area contributed by atoms with Crippen LogP contribution in [0.4, 0.5) is 17.1 Å². The summed E-state index contributed by atoms with van der Waals surface area (Å²) in [5, 5.41) is 3.31. The summed E-state index contributed by atoms with van der Waals surface area (Å²) >= 11 is 0. The molecule has 0 radical (unpaired) electrons. The minimum atomic E-state index is -3.85. The van der Waals surface area contributed by atoms with E-state index >= 15 is 0 Å². The van der Waals surface area contributed by atoms with Gasteiger partial charge in [-0.3, -0.25) is 9.52 Å². The molecule has 11 heteroatoms. The Morgan fingerprint density at radius 3 is 2.62 bits per heavy atom. The lowest BCUT2D eigenvalue weighted by Gasteiger charge is -2.31. The van der Waals surface area contributed by atoms with Crippen LogP contribution in [0.15, 0.2) is 35.5 Å². The maximum absolute atomic E-state index is 12.9. The van der Waals surface area contributed by atoms with Gasteiger partial charge in [-0.25, -0.2) is 0 Å². The average molecular weight is 461 g/mol. The van der Waals surface area contributed by atoms with Crippen LogP contribution in [0.2, 0.25) is 0 Å². The number of benzene rings is 1. The molecule has 1 fully saturated rings. The number of carbonyl (C=O) groups is 1. The quantitative estimate of drug-likeness (QED) is 0.560. The van der Waals surface area contributed by atoms with E-state index in [1.807, 2.05) is 19.0 Å². The highest BCUT2D eigenvalue weighted by Gasteiger charge is 2.27. The summed E-state index contributed by atoms with van der Waals surface area (Å²) in [4.78, 5) is 21.4. The molecule has 172 valence electrons. The number of amides is 1. The molecule has 0 saturated carbocycles. The van der Waals surface area contributed by atoms with Crippen molar-refractivity contribution in [1.82, 2.24) is 14.8 Å². The number of H-pyrrole nitrogens is 1. The van der Waals surface area contributed by atoms with Gasteiger partial charge in [0.25, 0.3) is 10.0 Å². The number of ether oxygens (including phenoxy) is 1. The van der Waals surface area contributed by atoms with E-state index in [0.29, 0.717) is 36.8 Å². The molecule has 2 aromatic rings. The van der Waals surface area contributed by atoms with Crippen LogP contribution in [0.1, 0.15) is 5.56 Å². The molecule has 3 N–H and O–H groups in total. The molecule has 1 amide bonds. The van der Waals surface area contributed by atoms with Crippen LogP contribution in [0.25, 0.3) is 6.08 Å². The third kappa shape index (κ3) is 4.26. The Labute approximate surface area is 187 Å². The lowest BCUT2D eigenvalue weighted by atomic mass is 10.1. The van der Waals surface area contributed by atoms with Crippen LogP contribution < -0.4 is 19.7 Å². The summed E-state index contributed by atoms with van der Waals surface area (Å²) in [5.74, 6) is 0.349. The third-order valence-corrected chi connectivity index (χ3v) is 7.04. The number of aromatic nitrogens is 1. The fourth-order valence-corrected chi connectivity index (χ4v) is 4.89. The number of piperazine rings is 1. The Bertz CT molecular complexity index is 1120. The van der Waals surface area contributed by atoms with Crippen LogP contribution >= 0.6 is 0 Å². The Morgan fingerprint density at radius 2 is 1.97 bits per heavy atom. The van der Waals surface area contributed by atoms with Crippen molar-refractivity contribution in [2.24, 2.45) is 0 Å². The number of fused-ring (bicyclic) bond motifs is 1. The zero-order chi connectivity index (χ0) is 22.9. The van der Waals surface area contributed by atoms with Crippen molar-refractivity contribution < 1.29 is 17.9 Å². The van der Waals surface area contributed by atoms with Crippen LogP contribution in [0, 0.1) is 0 Å². The third-order valence-electron chi connectivity index (χ3n) is 5.72. The van der Waals surface area contributed by atoms with Crippen molar-refractivity contribution in [1.29, 1.82) is 0 Å². The van der Waals surface area contributed by atoms with Crippen LogP contribution in [-0.2, 0) is 14.8 Å². The average Bonchev–Trinajstić information content (AvgIpc) is 3.43. The molecule has 0 atom stereocenters. The van der Waals surface area contributed by atoms with Crippen molar-refractivity contribution in [2.45, 2.75) is 5.03 Å². The zero-order valence-corrected chi connectivity index (χ0v) is 19.2. The van der Waals surface area contributed by atoms with Gasteiger partial charge in [-0.15, -0.1) is 0 Å². The van der Waals surface area contributed by atoms with E-state index in [9.17, 15) is 13.2 Å². The highest BCUT2D eigenvalue weighted by Crippen LogP contribution is 2.46. The summed E-state index contributed by atoms with van der Waals surface area (Å²) in [6, 6.07) is 4.84. The molecule has 1 aromatic heterocycles. The molecular formula is C21H28N6O4S. The van der Waals surface area contributed by atoms with Gasteiger partial charge in [0.2, 0.25) is 5.91 Å². The van der Waals surface area contributed by atoms with Gasteiger partial charge in [-0.1, -0.05) is 0 Å². The van der Waals surface area contributed by atoms with E-state index in [1.165, 1.54) is 19.3 Å². The van der Waals surface area contributed by atoms with Gasteiger partial charge in [-0.2, -0.15) is 8.42 Å². The minimum absolute atomic E-state index is 0.0480. The fraction of sp³-hybridized carbons (Fsp3) is 0.381. The van der Waals surface area contributed by atoms with Gasteiger partial charge in [-0.05, 0) is 31.3 Å². The Balaban J connectivity index is 1.72. The number of hydrogen-bond donors (Lipinski definition) is 3. The van der Waals surface area contributed by atoms with Crippen molar-refractivity contribution in [3.05, 3.63) is 36.0 Å². The number of carbonyl (C=O) groups excluding carboxylic acids is 1. The maximum Gasteiger partial charge on any atom is 0.277 e. The molecule has 1 aromatic carbocycles. The second-order valence-electron chi connectivity index (χ2n) is 7.90. The van der Waals surface area contributed by atoms with Gasteiger partial charge in [0.1, 0.15) is 5.69 Å². The minimum Gasteiger partial charge on any atom is -0.494 e. The van der Waals surface area contributed by atoms with Crippen molar-refractivity contribution in [3.63, 3.8) is 0 Å². The molecule has 0 spiro atoms. The Kier molecular flexibility index (Phi) is 6.02. The van der Waals surface area contributed by atoms with Gasteiger partial charge < -0.3 is 29.7 Å². The number of methoxy groups -OCH3 is 1. The lowest BCUT2D eigenvalue weighted by Crippen LogP contribution is -2.46. The molecule has 4 rings (SSSR count). The van der Waals surface area contributed by atoms with E-state index in [4.69, 9.17) is 4.74 Å². The maximum atomic E-state index is 12.9. The number of hydrogen-bond acceptors (Lipinski definition) is 7. The molecule has 32 heavy (non-hydrogen) atoms. The first kappa shape index (κ1) is 22.0. The summed E-state index contributed by atoms with van der Waals surface area (Å²) < 4.78 is 34.1. The first-order valence-corrected chi connectivity index (χ1v) is 11.8. The summed E-state index contributed by atoms with van der Waals surface area (Å²) in [5.41, 5.74) is 2.36. The molecule has 10 nitrogen and oxygen atoms in total. The first-order valence-electron chi connectivity index (χ1n) is 10.3. The van der Waals surface area contributed by atoms with E-state index in [2.05, 4.69) is 19.9 Å². The Hall–Kier alpha value is -3.18. The molecule has 3 heterocycles. The number of rotatable bonds is 6. The largest absolute Gasteiger partial charge is 0.494 e. The molecule has 2 aliphatic heterocycles. The molecule has 0 bridgehead atoms. The predicted octanol–water partition coefficient (Wildman–Crippen LogP) is 1.43. The highest BCUT2D eigenvalue weighted by molar-refractivity contribution is 7.92. The number of likely N-dealkylation sites (N-methyl/N-ethyl adjacent to an activating group) is 1. The number of nitrogens with zero attached hydrogens (tertiary/aromatic N) is 3. The fourth-order valence-electron chi connectivity index (χ4n) is 3.84. The van der Waals surface area contributed by atoms with Crippen molar-refractivity contribution >= 4 is 39.1 Å². The van der Waals surface area contributed by atoms with E-state index in [0.717, 1.165) is 24.5 Å². The summed E-state index contributed by atoms with van der Waals surface area (Å²) in [6.07, 6.45) is 4.64. The second-order valence-corrected chi connectivity index (χ2v) is 9.55. The predicted molar refractivity (Wildman–Crippen MR) is 125 cm³/mol. The second kappa shape index (κ2) is 8.75. The van der Waals surface area contributed by atoms with Crippen LogP contribution in [0.3, 0.4) is 0 Å². The van der Waals surface area contributed by atoms with Gasteiger partial charge in [0.15, 0.2) is 10.8 Å². The number of nitrogens with one attached hydrogen (secondary N) is 3. The lowest BCUT2D eigenvalue weighted by molar-refractivity contribution is -0.127. The molecule has 0 aliphatic carbocycles. The Morgan fingerprint density at radius 1 is 1.22 bits per heavy atom. The molecule has 1 saturated heterocycles. The zero-order valence-electron chi connectivity index (χ0n) is 18.4. The number of aromatic amines is 1. The standard InChI is InChI=1S/C21H28N6O4S/c1-25-9-11-27(12-10-25)19(28)7-6-15-16(24-32(29,30)18-5-4-8-22-18)13-17-20(21(15)31-3)23-14-26(17)2/h4-8,13,22-24H,9-12,14H2,1-3H3/b7-6+. The monoisotopic (exact) mass is 460 g/mol. The SMILES string of the molecule is COc1c(/C=C/C(=O)N2CCN(C)CC2)c(NS(=O)(=O)c2ccc[nH]2)cc2c1NCN2C. The first-order chi connectivity index (χ1) is 15.3. The van der Waals surface area contributed by atoms with E-state index in [-0.39, 0.29) is 10.9 Å². The molecule has 2 aliphatic rings. The van der Waals surface area contributed by atoms with Crippen molar-refractivity contribution in [2.75, 3.05) is 69.0 Å². The summed E-state index contributed by atoms with van der Waals surface area (Å²) in [7, 11) is 1.60. The van der Waals surface area contributed by atoms with Gasteiger partial charge >= 0.3 is 0 Å². The topological polar surface area (TPSA) is 110 Å². The van der Waals surface area contributed by atoms with Gasteiger partial charge in [0, 0.05) is 51.1 Å². The number of sulfonamides is 1. The van der Waals surface area contributed by atoms with Crippen molar-refractivity contribution in [3.8, 4) is 5.75 Å². The normalized spacial score (nSPS) is 16.8.